The van der Waals surface area contributed by atoms with Crippen LogP contribution in [0, 0.1) is 0 Å². The van der Waals surface area contributed by atoms with Crippen LogP contribution in [0.3, 0.4) is 0 Å². The highest BCUT2D eigenvalue weighted by molar-refractivity contribution is 8.77. The number of hydrogen-bond acceptors (Lipinski definition) is 8. The zero-order valence-electron chi connectivity index (χ0n) is 20.9. The van der Waals surface area contributed by atoms with Gasteiger partial charge in [-0.2, -0.15) is 0 Å². The van der Waals surface area contributed by atoms with E-state index in [-0.39, 0.29) is 28.8 Å². The lowest BCUT2D eigenvalue weighted by Gasteiger charge is -2.40. The predicted molar refractivity (Wildman–Crippen MR) is 135 cm³/mol. The molecule has 1 aliphatic heterocycles. The van der Waals surface area contributed by atoms with Gasteiger partial charge in [-0.3, -0.25) is 24.1 Å². The lowest BCUT2D eigenvalue weighted by atomic mass is 9.85. The smallest absolute Gasteiger partial charge is 0.302 e. The van der Waals surface area contributed by atoms with E-state index in [9.17, 15) is 19.2 Å². The highest BCUT2D eigenvalue weighted by Gasteiger charge is 2.39. The first-order valence-corrected chi connectivity index (χ1v) is 14.1. The summed E-state index contributed by atoms with van der Waals surface area (Å²) < 4.78 is 11.5. The number of carbonyl (C=O) groups is 4. The van der Waals surface area contributed by atoms with E-state index in [2.05, 4.69) is 19.2 Å². The number of amides is 3. The van der Waals surface area contributed by atoms with Crippen LogP contribution in [-0.2, 0) is 28.7 Å². The van der Waals surface area contributed by atoms with Crippen LogP contribution in [0.2, 0.25) is 0 Å². The summed E-state index contributed by atoms with van der Waals surface area (Å²) in [6.07, 6.45) is 7.87. The van der Waals surface area contributed by atoms with Crippen molar-refractivity contribution in [2.75, 3.05) is 25.5 Å². The summed E-state index contributed by atoms with van der Waals surface area (Å²) in [5.74, 6) is -0.589. The van der Waals surface area contributed by atoms with Crippen LogP contribution in [-0.4, -0.2) is 70.0 Å². The molecule has 1 N–H and O–H groups in total. The van der Waals surface area contributed by atoms with Gasteiger partial charge in [-0.05, 0) is 52.9 Å². The first-order chi connectivity index (χ1) is 15.9. The van der Waals surface area contributed by atoms with Crippen molar-refractivity contribution in [3.63, 3.8) is 0 Å². The van der Waals surface area contributed by atoms with Crippen molar-refractivity contribution < 1.29 is 28.7 Å². The average Bonchev–Trinajstić information content (AvgIpc) is 3.03. The van der Waals surface area contributed by atoms with Gasteiger partial charge in [0.1, 0.15) is 13.2 Å². The van der Waals surface area contributed by atoms with E-state index in [1.54, 1.807) is 10.8 Å². The first-order valence-electron chi connectivity index (χ1n) is 11.8. The maximum Gasteiger partial charge on any atom is 0.302 e. The summed E-state index contributed by atoms with van der Waals surface area (Å²) in [6.45, 7) is 10.2. The molecule has 1 fully saturated rings. The highest BCUT2D eigenvalue weighted by atomic mass is 33.1. The number of esters is 1. The van der Waals surface area contributed by atoms with E-state index < -0.39 is 17.4 Å². The molecule has 0 aromatic carbocycles. The number of ether oxygens (including phenoxy) is 2. The molecule has 0 aromatic heterocycles. The SMILES string of the molecule is CCC(C)(CCOC(C)(C)CCSSC1(COC(C)=O)CCC1)NC(=O)CN1C(=O)C=CC1=O. The third-order valence-electron chi connectivity index (χ3n) is 6.40. The molecule has 0 spiro atoms. The predicted octanol–water partition coefficient (Wildman–Crippen LogP) is 3.64. The Bertz CT molecular complexity index is 778. The van der Waals surface area contributed by atoms with Crippen LogP contribution in [0.25, 0.3) is 0 Å². The number of nitrogens with zero attached hydrogens (tertiary/aromatic N) is 1. The third-order valence-corrected chi connectivity index (χ3v) is 9.68. The van der Waals surface area contributed by atoms with Crippen molar-refractivity contribution in [3.05, 3.63) is 12.2 Å². The van der Waals surface area contributed by atoms with Gasteiger partial charge in [-0.1, -0.05) is 34.9 Å². The molecule has 34 heavy (non-hydrogen) atoms. The van der Waals surface area contributed by atoms with Gasteiger partial charge in [0, 0.05) is 37.0 Å². The van der Waals surface area contributed by atoms with E-state index >= 15 is 0 Å². The normalized spacial score (nSPS) is 19.0. The van der Waals surface area contributed by atoms with Gasteiger partial charge in [0.25, 0.3) is 11.8 Å². The molecular weight excluding hydrogens is 476 g/mol. The molecule has 1 unspecified atom stereocenters. The fraction of sp³-hybridized carbons (Fsp3) is 0.750. The molecular formula is C24H38N2O6S2. The number of imide groups is 1. The minimum Gasteiger partial charge on any atom is -0.464 e. The molecule has 10 heteroatoms. The topological polar surface area (TPSA) is 102 Å². The number of nitrogens with one attached hydrogen (secondary N) is 1. The Morgan fingerprint density at radius 3 is 2.32 bits per heavy atom. The van der Waals surface area contributed by atoms with Crippen molar-refractivity contribution >= 4 is 45.3 Å². The van der Waals surface area contributed by atoms with Gasteiger partial charge in [-0.25, -0.2) is 0 Å². The summed E-state index contributed by atoms with van der Waals surface area (Å²) in [5.41, 5.74) is -0.806. The van der Waals surface area contributed by atoms with Crippen molar-refractivity contribution in [3.8, 4) is 0 Å². The second-order valence-electron chi connectivity index (χ2n) is 9.89. The highest BCUT2D eigenvalue weighted by Crippen LogP contribution is 2.50. The largest absolute Gasteiger partial charge is 0.464 e. The van der Waals surface area contributed by atoms with Gasteiger partial charge < -0.3 is 14.8 Å². The quantitative estimate of drug-likeness (QED) is 0.153. The Hall–Kier alpha value is -1.52. The zero-order valence-corrected chi connectivity index (χ0v) is 22.6. The molecule has 0 aromatic rings. The lowest BCUT2D eigenvalue weighted by molar-refractivity contribution is -0.142. The standard InChI is InChI=1S/C24H38N2O6S2/c1-6-23(5,25-19(28)16-26-20(29)8-9-21(26)30)12-14-32-22(3,4)13-15-33-34-24(10-7-11-24)17-31-18(2)27/h8-9H,6-7,10-17H2,1-5H3,(H,25,28). The summed E-state index contributed by atoms with van der Waals surface area (Å²) in [7, 11) is 3.63. The average molecular weight is 515 g/mol. The van der Waals surface area contributed by atoms with E-state index in [1.807, 2.05) is 24.6 Å². The summed E-state index contributed by atoms with van der Waals surface area (Å²) in [6, 6.07) is 0. The van der Waals surface area contributed by atoms with E-state index in [0.717, 1.165) is 29.9 Å². The van der Waals surface area contributed by atoms with E-state index in [4.69, 9.17) is 9.47 Å². The molecule has 0 saturated heterocycles. The van der Waals surface area contributed by atoms with Crippen molar-refractivity contribution in [2.24, 2.45) is 0 Å². The Labute approximate surface area is 210 Å². The number of rotatable bonds is 15. The number of hydrogen-bond donors (Lipinski definition) is 1. The lowest BCUT2D eigenvalue weighted by Crippen LogP contribution is -2.51. The molecule has 2 aliphatic rings. The molecule has 0 bridgehead atoms. The molecule has 2 rings (SSSR count). The van der Waals surface area contributed by atoms with Crippen molar-refractivity contribution in [2.45, 2.75) is 89.0 Å². The van der Waals surface area contributed by atoms with E-state index in [0.29, 0.717) is 26.1 Å². The Morgan fingerprint density at radius 2 is 1.79 bits per heavy atom. The first kappa shape index (κ1) is 28.7. The zero-order chi connectivity index (χ0) is 25.4. The monoisotopic (exact) mass is 514 g/mol. The Morgan fingerprint density at radius 1 is 1.15 bits per heavy atom. The molecule has 192 valence electrons. The molecule has 1 heterocycles. The fourth-order valence-electron chi connectivity index (χ4n) is 3.57. The second kappa shape index (κ2) is 12.4. The van der Waals surface area contributed by atoms with Gasteiger partial charge >= 0.3 is 5.97 Å². The summed E-state index contributed by atoms with van der Waals surface area (Å²) in [4.78, 5) is 47.9. The van der Waals surface area contributed by atoms with Gasteiger partial charge in [0.05, 0.1) is 10.3 Å². The molecule has 1 atom stereocenters. The summed E-state index contributed by atoms with van der Waals surface area (Å²) >= 11 is 0. The van der Waals surface area contributed by atoms with Crippen LogP contribution in [0.15, 0.2) is 12.2 Å². The van der Waals surface area contributed by atoms with Crippen LogP contribution < -0.4 is 5.32 Å². The minimum atomic E-state index is -0.496. The maximum atomic E-state index is 12.4. The second-order valence-corrected chi connectivity index (χ2v) is 12.8. The van der Waals surface area contributed by atoms with Gasteiger partial charge in [0.2, 0.25) is 5.91 Å². The Kier molecular flexibility index (Phi) is 10.5. The molecule has 3 amide bonds. The molecule has 8 nitrogen and oxygen atoms in total. The molecule has 1 aliphatic carbocycles. The van der Waals surface area contributed by atoms with Gasteiger partial charge in [-0.15, -0.1) is 0 Å². The van der Waals surface area contributed by atoms with E-state index in [1.165, 1.54) is 25.5 Å². The van der Waals surface area contributed by atoms with Crippen molar-refractivity contribution in [1.82, 2.24) is 10.2 Å². The van der Waals surface area contributed by atoms with Crippen LogP contribution in [0.5, 0.6) is 0 Å². The van der Waals surface area contributed by atoms with Gasteiger partial charge in [0.15, 0.2) is 0 Å². The fourth-order valence-corrected chi connectivity index (χ4v) is 6.93. The summed E-state index contributed by atoms with van der Waals surface area (Å²) in [5, 5.41) is 2.96. The Balaban J connectivity index is 1.69. The van der Waals surface area contributed by atoms with Crippen LogP contribution in [0.1, 0.15) is 73.1 Å². The maximum absolute atomic E-state index is 12.4. The third kappa shape index (κ3) is 8.92. The molecule has 0 radical (unpaired) electrons. The van der Waals surface area contributed by atoms with Crippen molar-refractivity contribution in [1.29, 1.82) is 0 Å². The van der Waals surface area contributed by atoms with Crippen LogP contribution in [0.4, 0.5) is 0 Å². The van der Waals surface area contributed by atoms with Crippen LogP contribution >= 0.6 is 21.6 Å². The minimum absolute atomic E-state index is 0.0584. The number of carbonyl (C=O) groups excluding carboxylic acids is 4. The molecule has 1 saturated carbocycles.